The van der Waals surface area contributed by atoms with Crippen molar-refractivity contribution in [2.45, 2.75) is 37.1 Å². The van der Waals surface area contributed by atoms with Crippen LogP contribution in [0.2, 0.25) is 0 Å². The number of fused-ring (bicyclic) bond motifs is 1. The Balaban J connectivity index is 1.57. The van der Waals surface area contributed by atoms with Crippen LogP contribution in [0.1, 0.15) is 40.1 Å². The molecule has 1 aromatic heterocycles. The Morgan fingerprint density at radius 3 is 2.65 bits per heavy atom. The molecular formula is C19H22N2O3S2. The molecule has 4 rings (SSSR count). The lowest BCUT2D eigenvalue weighted by molar-refractivity contribution is 0.0735. The molecule has 5 nitrogen and oxygen atoms in total. The molecule has 3 heterocycles. The summed E-state index contributed by atoms with van der Waals surface area (Å²) in [5.41, 5.74) is 1.65. The zero-order valence-corrected chi connectivity index (χ0v) is 16.2. The molecule has 1 aromatic carbocycles. The monoisotopic (exact) mass is 390 g/mol. The highest BCUT2D eigenvalue weighted by molar-refractivity contribution is 7.89. The lowest BCUT2D eigenvalue weighted by Crippen LogP contribution is -2.36. The zero-order chi connectivity index (χ0) is 18.1. The number of carbonyl (C=O) groups excluding carboxylic acids is 1. The first-order valence-electron chi connectivity index (χ1n) is 9.00. The van der Waals surface area contributed by atoms with Crippen LogP contribution in [0, 0.1) is 0 Å². The van der Waals surface area contributed by atoms with Gasteiger partial charge in [-0.05, 0) is 54.5 Å². The van der Waals surface area contributed by atoms with Gasteiger partial charge in [0.1, 0.15) is 0 Å². The topological polar surface area (TPSA) is 57.7 Å². The SMILES string of the molecule is O=C(c1cccc(S(=O)(=O)N2CCCCC2)c1)N1CCc2sccc2C1. The molecule has 0 spiro atoms. The quantitative estimate of drug-likeness (QED) is 0.809. The highest BCUT2D eigenvalue weighted by Crippen LogP contribution is 2.26. The Labute approximate surface area is 158 Å². The van der Waals surface area contributed by atoms with Gasteiger partial charge in [0.15, 0.2) is 0 Å². The average Bonchev–Trinajstić information content (AvgIpc) is 3.16. The van der Waals surface area contributed by atoms with Crippen molar-refractivity contribution in [1.29, 1.82) is 0 Å². The number of amides is 1. The lowest BCUT2D eigenvalue weighted by Gasteiger charge is -2.28. The van der Waals surface area contributed by atoms with E-state index >= 15 is 0 Å². The number of carbonyl (C=O) groups is 1. The van der Waals surface area contributed by atoms with Gasteiger partial charge in [-0.3, -0.25) is 4.79 Å². The molecule has 138 valence electrons. The van der Waals surface area contributed by atoms with Gasteiger partial charge in [-0.15, -0.1) is 11.3 Å². The van der Waals surface area contributed by atoms with E-state index in [1.165, 1.54) is 16.5 Å². The zero-order valence-electron chi connectivity index (χ0n) is 14.6. The van der Waals surface area contributed by atoms with E-state index in [4.69, 9.17) is 0 Å². The first-order chi connectivity index (χ1) is 12.6. The van der Waals surface area contributed by atoms with Gasteiger partial charge in [-0.1, -0.05) is 12.5 Å². The van der Waals surface area contributed by atoms with E-state index < -0.39 is 10.0 Å². The summed E-state index contributed by atoms with van der Waals surface area (Å²) in [5.74, 6) is -0.0995. The largest absolute Gasteiger partial charge is 0.334 e. The number of rotatable bonds is 3. The Morgan fingerprint density at radius 2 is 1.85 bits per heavy atom. The molecular weight excluding hydrogens is 368 g/mol. The summed E-state index contributed by atoms with van der Waals surface area (Å²) in [6.45, 7) is 2.40. The van der Waals surface area contributed by atoms with Crippen molar-refractivity contribution in [3.05, 3.63) is 51.7 Å². The molecule has 0 bridgehead atoms. The van der Waals surface area contributed by atoms with Gasteiger partial charge in [0.2, 0.25) is 10.0 Å². The molecule has 1 fully saturated rings. The van der Waals surface area contributed by atoms with Crippen LogP contribution in [0.5, 0.6) is 0 Å². The normalized spacial score (nSPS) is 18.5. The van der Waals surface area contributed by atoms with E-state index in [-0.39, 0.29) is 10.8 Å². The summed E-state index contributed by atoms with van der Waals surface area (Å²) >= 11 is 1.73. The molecule has 1 amide bonds. The lowest BCUT2D eigenvalue weighted by atomic mass is 10.1. The molecule has 7 heteroatoms. The van der Waals surface area contributed by atoms with E-state index in [2.05, 4.69) is 11.4 Å². The minimum Gasteiger partial charge on any atom is -0.334 e. The molecule has 0 N–H and O–H groups in total. The van der Waals surface area contributed by atoms with Crippen LogP contribution in [0.4, 0.5) is 0 Å². The third-order valence-corrected chi connectivity index (χ3v) is 8.05. The predicted octanol–water partition coefficient (Wildman–Crippen LogP) is 3.12. The van der Waals surface area contributed by atoms with Crippen LogP contribution in [0.15, 0.2) is 40.6 Å². The van der Waals surface area contributed by atoms with Crippen molar-refractivity contribution >= 4 is 27.3 Å². The summed E-state index contributed by atoms with van der Waals surface area (Å²) < 4.78 is 27.3. The number of sulfonamides is 1. The standard InChI is InChI=1S/C19H22N2O3S2/c22-19(20-11-7-18-16(14-20)8-12-25-18)15-5-4-6-17(13-15)26(23,24)21-9-2-1-3-10-21/h4-6,8,12-13H,1-3,7,9-11,14H2. The fourth-order valence-electron chi connectivity index (χ4n) is 3.65. The Kier molecular flexibility index (Phi) is 4.86. The molecule has 0 unspecified atom stereocenters. The van der Waals surface area contributed by atoms with Crippen LogP contribution < -0.4 is 0 Å². The molecule has 0 aliphatic carbocycles. The highest BCUT2D eigenvalue weighted by atomic mass is 32.2. The number of thiophene rings is 1. The molecule has 0 saturated carbocycles. The second-order valence-corrected chi connectivity index (χ2v) is 9.78. The predicted molar refractivity (Wildman–Crippen MR) is 102 cm³/mol. The van der Waals surface area contributed by atoms with Crippen LogP contribution in [0.25, 0.3) is 0 Å². The van der Waals surface area contributed by atoms with E-state index in [1.54, 1.807) is 33.8 Å². The van der Waals surface area contributed by atoms with Gasteiger partial charge in [0, 0.05) is 36.6 Å². The molecule has 26 heavy (non-hydrogen) atoms. The minimum absolute atomic E-state index is 0.0995. The molecule has 1 saturated heterocycles. The van der Waals surface area contributed by atoms with Gasteiger partial charge < -0.3 is 4.90 Å². The van der Waals surface area contributed by atoms with Crippen LogP contribution in [-0.2, 0) is 23.0 Å². The van der Waals surface area contributed by atoms with Gasteiger partial charge in [0.05, 0.1) is 4.90 Å². The number of benzene rings is 1. The van der Waals surface area contributed by atoms with Crippen LogP contribution in [0.3, 0.4) is 0 Å². The van der Waals surface area contributed by atoms with E-state index in [1.807, 2.05) is 4.90 Å². The van der Waals surface area contributed by atoms with Gasteiger partial charge in [0.25, 0.3) is 5.91 Å². The third-order valence-electron chi connectivity index (χ3n) is 5.13. The van der Waals surface area contributed by atoms with Crippen molar-refractivity contribution in [2.75, 3.05) is 19.6 Å². The van der Waals surface area contributed by atoms with E-state index in [0.717, 1.165) is 25.7 Å². The Morgan fingerprint density at radius 1 is 1.04 bits per heavy atom. The first kappa shape index (κ1) is 17.7. The molecule has 0 radical (unpaired) electrons. The van der Waals surface area contributed by atoms with E-state index in [0.29, 0.717) is 31.7 Å². The van der Waals surface area contributed by atoms with Crippen molar-refractivity contribution in [1.82, 2.24) is 9.21 Å². The maximum Gasteiger partial charge on any atom is 0.254 e. The fraction of sp³-hybridized carbons (Fsp3) is 0.421. The first-order valence-corrected chi connectivity index (χ1v) is 11.3. The summed E-state index contributed by atoms with van der Waals surface area (Å²) in [4.78, 5) is 16.3. The Bertz CT molecular complexity index is 914. The van der Waals surface area contributed by atoms with Gasteiger partial charge in [-0.25, -0.2) is 8.42 Å². The summed E-state index contributed by atoms with van der Waals surface area (Å²) in [7, 11) is -3.52. The fourth-order valence-corrected chi connectivity index (χ4v) is 6.10. The molecule has 0 atom stereocenters. The summed E-state index contributed by atoms with van der Waals surface area (Å²) in [6, 6.07) is 8.57. The van der Waals surface area contributed by atoms with Crippen molar-refractivity contribution < 1.29 is 13.2 Å². The van der Waals surface area contributed by atoms with Gasteiger partial charge >= 0.3 is 0 Å². The number of piperidine rings is 1. The Hall–Kier alpha value is -1.70. The summed E-state index contributed by atoms with van der Waals surface area (Å²) in [6.07, 6.45) is 3.73. The summed E-state index contributed by atoms with van der Waals surface area (Å²) in [5, 5.41) is 2.06. The van der Waals surface area contributed by atoms with Crippen molar-refractivity contribution in [3.8, 4) is 0 Å². The maximum absolute atomic E-state index is 12.9. The van der Waals surface area contributed by atoms with Crippen LogP contribution >= 0.6 is 11.3 Å². The second-order valence-electron chi connectivity index (χ2n) is 6.84. The van der Waals surface area contributed by atoms with Gasteiger partial charge in [-0.2, -0.15) is 4.31 Å². The third kappa shape index (κ3) is 3.31. The number of nitrogens with zero attached hydrogens (tertiary/aromatic N) is 2. The van der Waals surface area contributed by atoms with Crippen molar-refractivity contribution in [3.63, 3.8) is 0 Å². The second kappa shape index (κ2) is 7.13. The molecule has 2 aromatic rings. The average molecular weight is 391 g/mol. The number of hydrogen-bond acceptors (Lipinski definition) is 4. The maximum atomic E-state index is 12.9. The molecule has 2 aliphatic rings. The van der Waals surface area contributed by atoms with E-state index in [9.17, 15) is 13.2 Å². The highest BCUT2D eigenvalue weighted by Gasteiger charge is 2.28. The van der Waals surface area contributed by atoms with Crippen molar-refractivity contribution in [2.24, 2.45) is 0 Å². The smallest absolute Gasteiger partial charge is 0.254 e. The van der Waals surface area contributed by atoms with Crippen LogP contribution in [-0.4, -0.2) is 43.2 Å². The number of hydrogen-bond donors (Lipinski definition) is 0. The molecule has 2 aliphatic heterocycles. The minimum atomic E-state index is -3.52.